The maximum atomic E-state index is 13.4. The van der Waals surface area contributed by atoms with Crippen LogP contribution in [0.15, 0.2) is 46.1 Å². The Morgan fingerprint density at radius 2 is 1.95 bits per heavy atom. The first-order chi connectivity index (χ1) is 18.3. The fraction of sp³-hybridized carbons (Fsp3) is 0.346. The molecule has 11 nitrogen and oxygen atoms in total. The van der Waals surface area contributed by atoms with Gasteiger partial charge in [0.1, 0.15) is 17.1 Å². The number of oxime groups is 1. The molecule has 198 valence electrons. The van der Waals surface area contributed by atoms with Crippen molar-refractivity contribution in [3.05, 3.63) is 52.9 Å². The summed E-state index contributed by atoms with van der Waals surface area (Å²) in [6, 6.07) is 8.03. The van der Waals surface area contributed by atoms with Gasteiger partial charge in [0.05, 0.1) is 5.02 Å². The molecule has 0 radical (unpaired) electrons. The molecular weight excluding hydrogens is 512 g/mol. The SMILES string of the molecule is N/C(=N\O)c1ccc2oc(C(=O)Nc3ccc(Cl)cn3)c(NC(=O)C3CCC(N4CCCC4=O)CC3)c2c1. The molecule has 3 aromatic rings. The van der Waals surface area contributed by atoms with E-state index in [9.17, 15) is 14.4 Å². The molecule has 0 unspecified atom stereocenters. The predicted octanol–water partition coefficient (Wildman–Crippen LogP) is 3.95. The lowest BCUT2D eigenvalue weighted by Crippen LogP contribution is -2.40. The molecular formula is C26H27ClN6O5. The van der Waals surface area contributed by atoms with Gasteiger partial charge in [-0.1, -0.05) is 16.8 Å². The third-order valence-corrected chi connectivity index (χ3v) is 7.36. The Hall–Kier alpha value is -4.12. The van der Waals surface area contributed by atoms with Crippen molar-refractivity contribution in [3.8, 4) is 0 Å². The smallest absolute Gasteiger partial charge is 0.294 e. The number of aromatic nitrogens is 1. The van der Waals surface area contributed by atoms with Crippen LogP contribution >= 0.6 is 11.6 Å². The zero-order valence-electron chi connectivity index (χ0n) is 20.4. The van der Waals surface area contributed by atoms with Crippen LogP contribution in [0, 0.1) is 5.92 Å². The fourth-order valence-corrected chi connectivity index (χ4v) is 5.26. The van der Waals surface area contributed by atoms with Gasteiger partial charge in [0.15, 0.2) is 5.84 Å². The van der Waals surface area contributed by atoms with Crippen molar-refractivity contribution in [1.29, 1.82) is 0 Å². The van der Waals surface area contributed by atoms with Gasteiger partial charge in [-0.3, -0.25) is 14.4 Å². The summed E-state index contributed by atoms with van der Waals surface area (Å²) in [6.07, 6.45) is 5.63. The normalized spacial score (nSPS) is 20.1. The molecule has 0 spiro atoms. The van der Waals surface area contributed by atoms with Crippen molar-refractivity contribution in [1.82, 2.24) is 9.88 Å². The highest BCUT2D eigenvalue weighted by Gasteiger charge is 2.34. The zero-order valence-corrected chi connectivity index (χ0v) is 21.2. The Labute approximate surface area is 223 Å². The second-order valence-electron chi connectivity index (χ2n) is 9.50. The van der Waals surface area contributed by atoms with Crippen molar-refractivity contribution < 1.29 is 24.0 Å². The molecule has 1 aliphatic heterocycles. The minimum Gasteiger partial charge on any atom is -0.449 e. The van der Waals surface area contributed by atoms with Crippen LogP contribution in [-0.2, 0) is 9.59 Å². The molecule has 2 aliphatic rings. The molecule has 1 saturated carbocycles. The molecule has 1 saturated heterocycles. The molecule has 2 fully saturated rings. The minimum atomic E-state index is -0.618. The summed E-state index contributed by atoms with van der Waals surface area (Å²) in [5.74, 6) is -0.941. The van der Waals surface area contributed by atoms with Gasteiger partial charge in [-0.2, -0.15) is 0 Å². The van der Waals surface area contributed by atoms with Crippen LogP contribution in [0.5, 0.6) is 0 Å². The highest BCUT2D eigenvalue weighted by atomic mass is 35.5. The fourth-order valence-electron chi connectivity index (χ4n) is 5.15. The van der Waals surface area contributed by atoms with Crippen LogP contribution < -0.4 is 16.4 Å². The van der Waals surface area contributed by atoms with Gasteiger partial charge >= 0.3 is 0 Å². The number of halogens is 1. The number of fused-ring (bicyclic) bond motifs is 1. The molecule has 2 aromatic heterocycles. The number of amides is 3. The number of hydrogen-bond donors (Lipinski definition) is 4. The summed E-state index contributed by atoms with van der Waals surface area (Å²) in [5.41, 5.74) is 6.67. The Morgan fingerprint density at radius 3 is 2.61 bits per heavy atom. The predicted molar refractivity (Wildman–Crippen MR) is 141 cm³/mol. The number of hydrogen-bond acceptors (Lipinski definition) is 7. The first-order valence-electron chi connectivity index (χ1n) is 12.4. The van der Waals surface area contributed by atoms with Gasteiger partial charge in [0.2, 0.25) is 17.6 Å². The van der Waals surface area contributed by atoms with Gasteiger partial charge in [0, 0.05) is 42.1 Å². The molecule has 1 aromatic carbocycles. The number of nitrogens with one attached hydrogen (secondary N) is 2. The van der Waals surface area contributed by atoms with Crippen molar-refractivity contribution >= 4 is 57.6 Å². The van der Waals surface area contributed by atoms with Gasteiger partial charge in [-0.25, -0.2) is 4.98 Å². The number of rotatable bonds is 6. The number of nitrogens with two attached hydrogens (primary N) is 1. The Bertz CT molecular complexity index is 1410. The summed E-state index contributed by atoms with van der Waals surface area (Å²) in [4.78, 5) is 44.7. The monoisotopic (exact) mass is 538 g/mol. The standard InChI is InChI=1S/C26H27ClN6O5/c27-16-6-10-20(29-13-16)30-26(36)23-22(18-12-15(24(28)32-37)5-9-19(18)38-23)31-25(35)14-3-7-17(8-4-14)33-11-1-2-21(33)34/h5-6,9-10,12-14,17,37H,1-4,7-8,11H2,(H2,28,32)(H,31,35)(H,29,30,36). The number of amidine groups is 1. The third kappa shape index (κ3) is 5.14. The molecule has 0 atom stereocenters. The number of nitrogens with zero attached hydrogens (tertiary/aromatic N) is 3. The highest BCUT2D eigenvalue weighted by molar-refractivity contribution is 6.30. The number of carbonyl (C=O) groups excluding carboxylic acids is 3. The first kappa shape index (κ1) is 25.5. The molecule has 12 heteroatoms. The van der Waals surface area contributed by atoms with E-state index in [-0.39, 0.29) is 46.9 Å². The molecule has 3 heterocycles. The van der Waals surface area contributed by atoms with Gasteiger partial charge < -0.3 is 30.9 Å². The largest absolute Gasteiger partial charge is 0.449 e. The van der Waals surface area contributed by atoms with E-state index < -0.39 is 5.91 Å². The van der Waals surface area contributed by atoms with Crippen LogP contribution in [0.1, 0.15) is 54.6 Å². The average Bonchev–Trinajstić information content (AvgIpc) is 3.52. The average molecular weight is 539 g/mol. The van der Waals surface area contributed by atoms with E-state index >= 15 is 0 Å². The number of carbonyl (C=O) groups is 3. The van der Waals surface area contributed by atoms with Gasteiger partial charge in [-0.05, 0) is 62.4 Å². The first-order valence-corrected chi connectivity index (χ1v) is 12.8. The van der Waals surface area contributed by atoms with E-state index in [0.29, 0.717) is 40.8 Å². The van der Waals surface area contributed by atoms with E-state index in [1.807, 2.05) is 4.90 Å². The zero-order chi connectivity index (χ0) is 26.8. The summed E-state index contributed by atoms with van der Waals surface area (Å²) in [7, 11) is 0. The molecule has 5 N–H and O–H groups in total. The quantitative estimate of drug-likeness (QED) is 0.160. The summed E-state index contributed by atoms with van der Waals surface area (Å²) in [6.45, 7) is 0.783. The second kappa shape index (κ2) is 10.7. The van der Waals surface area contributed by atoms with Crippen molar-refractivity contribution in [2.24, 2.45) is 16.8 Å². The molecule has 5 rings (SSSR count). The highest BCUT2D eigenvalue weighted by Crippen LogP contribution is 2.35. The summed E-state index contributed by atoms with van der Waals surface area (Å²) >= 11 is 5.88. The van der Waals surface area contributed by atoms with Crippen molar-refractivity contribution in [2.75, 3.05) is 17.2 Å². The van der Waals surface area contributed by atoms with E-state index in [4.69, 9.17) is 27.0 Å². The Morgan fingerprint density at radius 1 is 1.16 bits per heavy atom. The maximum absolute atomic E-state index is 13.4. The summed E-state index contributed by atoms with van der Waals surface area (Å²) < 4.78 is 5.84. The third-order valence-electron chi connectivity index (χ3n) is 7.13. The topological polar surface area (TPSA) is 163 Å². The van der Waals surface area contributed by atoms with Gasteiger partial charge in [-0.15, -0.1) is 0 Å². The number of pyridine rings is 1. The molecule has 38 heavy (non-hydrogen) atoms. The molecule has 3 amide bonds. The number of benzene rings is 1. The van der Waals surface area contributed by atoms with Gasteiger partial charge in [0.25, 0.3) is 5.91 Å². The van der Waals surface area contributed by atoms with E-state index in [1.54, 1.807) is 30.3 Å². The number of anilines is 2. The Balaban J connectivity index is 1.40. The van der Waals surface area contributed by atoms with Crippen LogP contribution in [0.25, 0.3) is 11.0 Å². The summed E-state index contributed by atoms with van der Waals surface area (Å²) in [5, 5.41) is 18.5. The van der Waals surface area contributed by atoms with E-state index in [1.165, 1.54) is 6.20 Å². The lowest BCUT2D eigenvalue weighted by atomic mass is 9.84. The van der Waals surface area contributed by atoms with Crippen LogP contribution in [0.4, 0.5) is 11.5 Å². The maximum Gasteiger partial charge on any atom is 0.294 e. The van der Waals surface area contributed by atoms with Crippen LogP contribution in [0.3, 0.4) is 0 Å². The second-order valence-corrected chi connectivity index (χ2v) is 9.94. The molecule has 1 aliphatic carbocycles. The van der Waals surface area contributed by atoms with Crippen molar-refractivity contribution in [3.63, 3.8) is 0 Å². The Kier molecular flexibility index (Phi) is 7.19. The molecule has 0 bridgehead atoms. The lowest BCUT2D eigenvalue weighted by Gasteiger charge is -2.34. The van der Waals surface area contributed by atoms with Crippen molar-refractivity contribution in [2.45, 2.75) is 44.6 Å². The van der Waals surface area contributed by atoms with E-state index in [2.05, 4.69) is 20.8 Å². The number of furan rings is 1. The van der Waals surface area contributed by atoms with E-state index in [0.717, 1.165) is 25.8 Å². The lowest BCUT2D eigenvalue weighted by molar-refractivity contribution is -0.130. The number of likely N-dealkylation sites (tertiary alicyclic amines) is 1. The minimum absolute atomic E-state index is 0.113. The van der Waals surface area contributed by atoms with Crippen LogP contribution in [-0.4, -0.2) is 51.2 Å². The van der Waals surface area contributed by atoms with Crippen LogP contribution in [0.2, 0.25) is 5.02 Å².